The van der Waals surface area contributed by atoms with E-state index in [1.54, 1.807) is 13.4 Å². The van der Waals surface area contributed by atoms with Crippen LogP contribution in [0.4, 0.5) is 0 Å². The van der Waals surface area contributed by atoms with Crippen LogP contribution >= 0.6 is 0 Å². The van der Waals surface area contributed by atoms with Crippen LogP contribution in [0.1, 0.15) is 32.1 Å². The molecule has 24 heavy (non-hydrogen) atoms. The van der Waals surface area contributed by atoms with E-state index < -0.39 is 0 Å². The van der Waals surface area contributed by atoms with Crippen molar-refractivity contribution in [1.29, 1.82) is 0 Å². The minimum atomic E-state index is -0.341. The van der Waals surface area contributed by atoms with E-state index in [4.69, 9.17) is 0 Å². The molecule has 2 aromatic heterocycles. The van der Waals surface area contributed by atoms with E-state index in [9.17, 15) is 9.59 Å². The van der Waals surface area contributed by atoms with Crippen LogP contribution in [0.2, 0.25) is 0 Å². The first-order chi connectivity index (χ1) is 11.5. The second-order valence-corrected chi connectivity index (χ2v) is 7.08. The standard InChI is InChI=1S/C17H27N5O2/c1-19(11-13-7-5-4-6-8-13)9-10-22-12-18-15-14(22)16(23)21(3)17(24)20(15)2/h12-13H,4-11H2,1-3H3. The van der Waals surface area contributed by atoms with Crippen LogP contribution in [0.3, 0.4) is 0 Å². The van der Waals surface area contributed by atoms with Gasteiger partial charge in [0.25, 0.3) is 5.56 Å². The second-order valence-electron chi connectivity index (χ2n) is 7.08. The minimum Gasteiger partial charge on any atom is -0.323 e. The zero-order chi connectivity index (χ0) is 17.3. The molecule has 0 atom stereocenters. The molecule has 1 aliphatic carbocycles. The van der Waals surface area contributed by atoms with Crippen LogP contribution in [-0.2, 0) is 20.6 Å². The Morgan fingerprint density at radius 1 is 1.17 bits per heavy atom. The van der Waals surface area contributed by atoms with E-state index in [0.717, 1.165) is 23.6 Å². The molecule has 0 aliphatic heterocycles. The SMILES string of the molecule is CN(CCn1cnc2c1c(=O)n(C)c(=O)n2C)CC1CCCCC1. The Labute approximate surface area is 141 Å². The number of rotatable bonds is 5. The summed E-state index contributed by atoms with van der Waals surface area (Å²) in [6.45, 7) is 2.68. The Morgan fingerprint density at radius 2 is 1.88 bits per heavy atom. The first kappa shape index (κ1) is 17.0. The van der Waals surface area contributed by atoms with Crippen LogP contribution in [-0.4, -0.2) is 43.7 Å². The minimum absolute atomic E-state index is 0.277. The summed E-state index contributed by atoms with van der Waals surface area (Å²) in [5.74, 6) is 0.803. The zero-order valence-corrected chi connectivity index (χ0v) is 14.9. The molecule has 7 nitrogen and oxygen atoms in total. The number of hydrogen-bond donors (Lipinski definition) is 0. The molecule has 0 spiro atoms. The number of aryl methyl sites for hydroxylation is 1. The summed E-state index contributed by atoms with van der Waals surface area (Å²) in [7, 11) is 5.30. The van der Waals surface area contributed by atoms with E-state index in [-0.39, 0.29) is 11.2 Å². The van der Waals surface area contributed by atoms with Crippen molar-refractivity contribution in [3.8, 4) is 0 Å². The van der Waals surface area contributed by atoms with Crippen molar-refractivity contribution in [3.05, 3.63) is 27.2 Å². The van der Waals surface area contributed by atoms with Gasteiger partial charge in [-0.2, -0.15) is 0 Å². The molecule has 3 rings (SSSR count). The largest absolute Gasteiger partial charge is 0.332 e. The monoisotopic (exact) mass is 333 g/mol. The quantitative estimate of drug-likeness (QED) is 0.817. The van der Waals surface area contributed by atoms with Gasteiger partial charge in [-0.05, 0) is 25.8 Å². The fraction of sp³-hybridized carbons (Fsp3) is 0.706. The highest BCUT2D eigenvalue weighted by molar-refractivity contribution is 5.69. The van der Waals surface area contributed by atoms with Gasteiger partial charge in [0.2, 0.25) is 0 Å². The van der Waals surface area contributed by atoms with Crippen LogP contribution in [0, 0.1) is 5.92 Å². The molecule has 1 fully saturated rings. The Kier molecular flexibility index (Phi) is 4.89. The first-order valence-electron chi connectivity index (χ1n) is 8.78. The van der Waals surface area contributed by atoms with Crippen molar-refractivity contribution < 1.29 is 0 Å². The van der Waals surface area contributed by atoms with Gasteiger partial charge in [0, 0.05) is 33.7 Å². The van der Waals surface area contributed by atoms with Crippen molar-refractivity contribution >= 4 is 11.2 Å². The topological polar surface area (TPSA) is 65.1 Å². The molecule has 132 valence electrons. The van der Waals surface area contributed by atoms with Crippen LogP contribution in [0.5, 0.6) is 0 Å². The maximum Gasteiger partial charge on any atom is 0.332 e. The molecular formula is C17H27N5O2. The fourth-order valence-electron chi connectivity index (χ4n) is 3.75. The second kappa shape index (κ2) is 6.93. The van der Waals surface area contributed by atoms with Gasteiger partial charge in [0.15, 0.2) is 11.2 Å². The molecule has 0 aromatic carbocycles. The molecule has 0 saturated heterocycles. The summed E-state index contributed by atoms with van der Waals surface area (Å²) in [6, 6.07) is 0. The van der Waals surface area contributed by atoms with Crippen LogP contribution < -0.4 is 11.2 Å². The van der Waals surface area contributed by atoms with E-state index in [1.165, 1.54) is 43.7 Å². The first-order valence-corrected chi connectivity index (χ1v) is 8.78. The van der Waals surface area contributed by atoms with Crippen molar-refractivity contribution in [2.45, 2.75) is 38.6 Å². The maximum absolute atomic E-state index is 12.4. The average Bonchev–Trinajstić information content (AvgIpc) is 3.01. The molecule has 2 aromatic rings. The summed E-state index contributed by atoms with van der Waals surface area (Å²) in [4.78, 5) is 31.0. The molecule has 0 bridgehead atoms. The third-order valence-corrected chi connectivity index (χ3v) is 5.23. The lowest BCUT2D eigenvalue weighted by Gasteiger charge is -2.27. The number of fused-ring (bicyclic) bond motifs is 1. The highest BCUT2D eigenvalue weighted by Gasteiger charge is 2.17. The molecule has 0 N–H and O–H groups in total. The normalized spacial score (nSPS) is 16.3. The number of imidazole rings is 1. The lowest BCUT2D eigenvalue weighted by atomic mass is 9.89. The Hall–Kier alpha value is -1.89. The third kappa shape index (κ3) is 3.17. The Balaban J connectivity index is 1.74. The van der Waals surface area contributed by atoms with E-state index in [1.807, 2.05) is 4.57 Å². The van der Waals surface area contributed by atoms with Gasteiger partial charge in [0.05, 0.1) is 6.33 Å². The summed E-state index contributed by atoms with van der Waals surface area (Å²) in [5, 5.41) is 0. The highest BCUT2D eigenvalue weighted by atomic mass is 16.2. The third-order valence-electron chi connectivity index (χ3n) is 5.23. The molecule has 0 unspecified atom stereocenters. The summed E-state index contributed by atoms with van der Waals surface area (Å²) >= 11 is 0. The van der Waals surface area contributed by atoms with Crippen molar-refractivity contribution in [2.24, 2.45) is 20.0 Å². The predicted octanol–water partition coefficient (Wildman–Crippen LogP) is 0.946. The molecule has 1 aliphatic rings. The van der Waals surface area contributed by atoms with Gasteiger partial charge in [-0.3, -0.25) is 13.9 Å². The van der Waals surface area contributed by atoms with Gasteiger partial charge in [-0.1, -0.05) is 19.3 Å². The van der Waals surface area contributed by atoms with Crippen molar-refractivity contribution in [1.82, 2.24) is 23.6 Å². The Bertz CT molecular complexity index is 826. The number of likely N-dealkylation sites (N-methyl/N-ethyl adjacent to an activating group) is 1. The van der Waals surface area contributed by atoms with Crippen LogP contribution in [0.15, 0.2) is 15.9 Å². The Morgan fingerprint density at radius 3 is 2.58 bits per heavy atom. The van der Waals surface area contributed by atoms with Crippen LogP contribution in [0.25, 0.3) is 11.2 Å². The van der Waals surface area contributed by atoms with Gasteiger partial charge >= 0.3 is 5.69 Å². The van der Waals surface area contributed by atoms with Crippen molar-refractivity contribution in [3.63, 3.8) is 0 Å². The lowest BCUT2D eigenvalue weighted by molar-refractivity contribution is 0.228. The molecule has 0 amide bonds. The summed E-state index contributed by atoms with van der Waals surface area (Å²) < 4.78 is 4.44. The van der Waals surface area contributed by atoms with E-state index >= 15 is 0 Å². The predicted molar refractivity (Wildman–Crippen MR) is 94.3 cm³/mol. The maximum atomic E-state index is 12.4. The molecular weight excluding hydrogens is 306 g/mol. The van der Waals surface area contributed by atoms with Gasteiger partial charge in [0.1, 0.15) is 0 Å². The fourth-order valence-corrected chi connectivity index (χ4v) is 3.75. The molecule has 0 radical (unpaired) electrons. The number of aromatic nitrogens is 4. The van der Waals surface area contributed by atoms with Gasteiger partial charge in [-0.15, -0.1) is 0 Å². The molecule has 2 heterocycles. The van der Waals surface area contributed by atoms with Gasteiger partial charge < -0.3 is 9.47 Å². The van der Waals surface area contributed by atoms with Crippen molar-refractivity contribution in [2.75, 3.05) is 20.1 Å². The molecule has 1 saturated carbocycles. The van der Waals surface area contributed by atoms with E-state index in [0.29, 0.717) is 17.7 Å². The lowest BCUT2D eigenvalue weighted by Crippen LogP contribution is -2.38. The van der Waals surface area contributed by atoms with Gasteiger partial charge in [-0.25, -0.2) is 9.78 Å². The number of nitrogens with zero attached hydrogens (tertiary/aromatic N) is 5. The number of hydrogen-bond acceptors (Lipinski definition) is 4. The smallest absolute Gasteiger partial charge is 0.323 e. The highest BCUT2D eigenvalue weighted by Crippen LogP contribution is 2.24. The average molecular weight is 333 g/mol. The zero-order valence-electron chi connectivity index (χ0n) is 14.9. The van der Waals surface area contributed by atoms with E-state index in [2.05, 4.69) is 16.9 Å². The summed E-state index contributed by atoms with van der Waals surface area (Å²) in [6.07, 6.45) is 8.43. The summed E-state index contributed by atoms with van der Waals surface area (Å²) in [5.41, 5.74) is 0.344. The molecule has 7 heteroatoms.